The highest BCUT2D eigenvalue weighted by Gasteiger charge is 2.32. The fourth-order valence-electron chi connectivity index (χ4n) is 2.61. The molecule has 2 aromatic heterocycles. The Morgan fingerprint density at radius 3 is 2.57 bits per heavy atom. The lowest BCUT2D eigenvalue weighted by atomic mass is 9.99. The Hall–Kier alpha value is -2.31. The fourth-order valence-corrected chi connectivity index (χ4v) is 2.74. The van der Waals surface area contributed by atoms with Gasteiger partial charge in [-0.2, -0.15) is 4.98 Å². The van der Waals surface area contributed by atoms with Crippen molar-refractivity contribution in [1.29, 1.82) is 0 Å². The van der Waals surface area contributed by atoms with E-state index in [4.69, 9.17) is 16.1 Å². The lowest BCUT2D eigenvalue weighted by molar-refractivity contribution is 0.117. The van der Waals surface area contributed by atoms with Crippen LogP contribution in [0.5, 0.6) is 0 Å². The largest absolute Gasteiger partial charge is 0.338 e. The van der Waals surface area contributed by atoms with Crippen LogP contribution in [0.25, 0.3) is 11.6 Å². The van der Waals surface area contributed by atoms with E-state index in [2.05, 4.69) is 25.0 Å². The van der Waals surface area contributed by atoms with Gasteiger partial charge in [-0.3, -0.25) is 4.90 Å². The maximum atomic E-state index is 5.90. The summed E-state index contributed by atoms with van der Waals surface area (Å²) in [5, 5.41) is 4.72. The van der Waals surface area contributed by atoms with Crippen molar-refractivity contribution in [2.45, 2.75) is 12.5 Å². The van der Waals surface area contributed by atoms with Crippen LogP contribution in [0, 0.1) is 0 Å². The van der Waals surface area contributed by atoms with E-state index < -0.39 is 0 Å². The van der Waals surface area contributed by atoms with Gasteiger partial charge in [-0.15, -0.1) is 0 Å². The summed E-state index contributed by atoms with van der Waals surface area (Å²) in [6.07, 6.45) is 3.32. The van der Waals surface area contributed by atoms with Crippen LogP contribution in [0.1, 0.15) is 17.4 Å². The average Bonchev–Trinajstić information content (AvgIpc) is 3.02. The molecule has 1 fully saturated rings. The van der Waals surface area contributed by atoms with Gasteiger partial charge in [0.05, 0.1) is 5.92 Å². The van der Waals surface area contributed by atoms with Gasteiger partial charge in [0.15, 0.2) is 0 Å². The van der Waals surface area contributed by atoms with Gasteiger partial charge in [-0.25, -0.2) is 9.97 Å². The number of hydrogen-bond acceptors (Lipinski definition) is 6. The molecule has 1 aromatic carbocycles. The van der Waals surface area contributed by atoms with Crippen LogP contribution < -0.4 is 0 Å². The molecule has 0 aliphatic carbocycles. The lowest BCUT2D eigenvalue weighted by Gasteiger charge is -2.37. The molecule has 0 atom stereocenters. The van der Waals surface area contributed by atoms with Crippen molar-refractivity contribution < 1.29 is 4.52 Å². The third-order valence-corrected chi connectivity index (χ3v) is 4.09. The van der Waals surface area contributed by atoms with E-state index in [1.165, 1.54) is 5.56 Å². The minimum absolute atomic E-state index is 0.271. The first-order chi connectivity index (χ1) is 11.3. The average molecular weight is 328 g/mol. The fraction of sp³-hybridized carbons (Fsp3) is 0.250. The number of hydrogen-bond donors (Lipinski definition) is 0. The zero-order valence-electron chi connectivity index (χ0n) is 12.3. The molecular weight excluding hydrogens is 314 g/mol. The summed E-state index contributed by atoms with van der Waals surface area (Å²) in [6.45, 7) is 2.70. The van der Waals surface area contributed by atoms with E-state index in [-0.39, 0.29) is 5.92 Å². The number of halogens is 1. The Morgan fingerprint density at radius 1 is 1.09 bits per heavy atom. The molecule has 116 valence electrons. The minimum Gasteiger partial charge on any atom is -0.338 e. The Kier molecular flexibility index (Phi) is 3.77. The second-order valence-corrected chi connectivity index (χ2v) is 5.98. The number of benzene rings is 1. The molecule has 3 heterocycles. The topological polar surface area (TPSA) is 67.9 Å². The molecule has 0 saturated carbocycles. The first-order valence-corrected chi connectivity index (χ1v) is 7.73. The number of likely N-dealkylation sites (tertiary alicyclic amines) is 1. The highest BCUT2D eigenvalue weighted by Crippen LogP contribution is 2.28. The maximum absolute atomic E-state index is 5.90. The van der Waals surface area contributed by atoms with Crippen molar-refractivity contribution in [3.63, 3.8) is 0 Å². The molecule has 4 rings (SSSR count). The molecule has 0 spiro atoms. The highest BCUT2D eigenvalue weighted by atomic mass is 35.5. The van der Waals surface area contributed by atoms with Gasteiger partial charge in [0, 0.05) is 37.1 Å². The zero-order chi connectivity index (χ0) is 15.6. The monoisotopic (exact) mass is 327 g/mol. The molecule has 0 radical (unpaired) electrons. The number of nitrogens with zero attached hydrogens (tertiary/aromatic N) is 5. The first-order valence-electron chi connectivity index (χ1n) is 7.36. The molecule has 3 aromatic rings. The predicted molar refractivity (Wildman–Crippen MR) is 84.8 cm³/mol. The van der Waals surface area contributed by atoms with Crippen LogP contribution in [-0.4, -0.2) is 38.1 Å². The highest BCUT2D eigenvalue weighted by molar-refractivity contribution is 6.30. The Bertz CT molecular complexity index is 784. The van der Waals surface area contributed by atoms with E-state index >= 15 is 0 Å². The van der Waals surface area contributed by atoms with Crippen molar-refractivity contribution in [2.75, 3.05) is 13.1 Å². The molecule has 1 aliphatic heterocycles. The van der Waals surface area contributed by atoms with Gasteiger partial charge in [0.2, 0.25) is 17.5 Å². The molecule has 1 saturated heterocycles. The standard InChI is InChI=1S/C16H14ClN5O/c17-13-4-2-11(3-5-13)8-22-9-12(10-22)16-20-15(21-23-16)14-18-6-1-7-19-14/h1-7,12H,8-10H2. The quantitative estimate of drug-likeness (QED) is 0.734. The van der Waals surface area contributed by atoms with Gasteiger partial charge in [-0.1, -0.05) is 28.9 Å². The van der Waals surface area contributed by atoms with Crippen molar-refractivity contribution in [3.05, 3.63) is 59.2 Å². The van der Waals surface area contributed by atoms with Gasteiger partial charge < -0.3 is 4.52 Å². The summed E-state index contributed by atoms with van der Waals surface area (Å²) in [4.78, 5) is 15.0. The van der Waals surface area contributed by atoms with Gasteiger partial charge in [0.25, 0.3) is 0 Å². The molecule has 7 heteroatoms. The van der Waals surface area contributed by atoms with Gasteiger partial charge in [0.1, 0.15) is 0 Å². The van der Waals surface area contributed by atoms with Gasteiger partial charge in [-0.05, 0) is 23.8 Å². The van der Waals surface area contributed by atoms with Crippen LogP contribution in [0.2, 0.25) is 5.02 Å². The number of rotatable bonds is 4. The third-order valence-electron chi connectivity index (χ3n) is 3.83. The summed E-state index contributed by atoms with van der Waals surface area (Å²) in [6, 6.07) is 9.68. The smallest absolute Gasteiger partial charge is 0.240 e. The summed E-state index contributed by atoms with van der Waals surface area (Å²) in [5.41, 5.74) is 1.25. The summed E-state index contributed by atoms with van der Waals surface area (Å²) >= 11 is 5.90. The molecule has 0 unspecified atom stereocenters. The molecule has 0 N–H and O–H groups in total. The van der Waals surface area contributed by atoms with Gasteiger partial charge >= 0.3 is 0 Å². The van der Waals surface area contributed by atoms with Crippen molar-refractivity contribution >= 4 is 11.6 Å². The molecule has 1 aliphatic rings. The van der Waals surface area contributed by atoms with E-state index in [0.29, 0.717) is 17.5 Å². The van der Waals surface area contributed by atoms with E-state index in [9.17, 15) is 0 Å². The molecular formula is C16H14ClN5O. The molecule has 23 heavy (non-hydrogen) atoms. The second kappa shape index (κ2) is 6.06. The van der Waals surface area contributed by atoms with Crippen molar-refractivity contribution in [2.24, 2.45) is 0 Å². The summed E-state index contributed by atoms with van der Waals surface area (Å²) < 4.78 is 5.35. The summed E-state index contributed by atoms with van der Waals surface area (Å²) in [5.74, 6) is 1.85. The van der Waals surface area contributed by atoms with Crippen LogP contribution in [-0.2, 0) is 6.54 Å². The first kappa shape index (κ1) is 14.3. The van der Waals surface area contributed by atoms with Crippen molar-refractivity contribution in [3.8, 4) is 11.6 Å². The molecule has 0 bridgehead atoms. The zero-order valence-corrected chi connectivity index (χ0v) is 13.0. The SMILES string of the molecule is Clc1ccc(CN2CC(c3nc(-c4ncccn4)no3)C2)cc1. The van der Waals surface area contributed by atoms with E-state index in [1.54, 1.807) is 18.5 Å². The predicted octanol–water partition coefficient (Wildman–Crippen LogP) is 2.78. The second-order valence-electron chi connectivity index (χ2n) is 5.55. The number of aromatic nitrogens is 4. The lowest BCUT2D eigenvalue weighted by Crippen LogP contribution is -2.44. The van der Waals surface area contributed by atoms with Crippen LogP contribution in [0.15, 0.2) is 47.2 Å². The maximum Gasteiger partial charge on any atom is 0.240 e. The molecule has 0 amide bonds. The van der Waals surface area contributed by atoms with E-state index in [0.717, 1.165) is 24.7 Å². The Balaban J connectivity index is 1.37. The van der Waals surface area contributed by atoms with Crippen molar-refractivity contribution in [1.82, 2.24) is 25.0 Å². The van der Waals surface area contributed by atoms with E-state index in [1.807, 2.05) is 24.3 Å². The van der Waals surface area contributed by atoms with Crippen LogP contribution in [0.3, 0.4) is 0 Å². The Labute approximate surface area is 138 Å². The Morgan fingerprint density at radius 2 is 1.83 bits per heavy atom. The van der Waals surface area contributed by atoms with Crippen LogP contribution in [0.4, 0.5) is 0 Å². The summed E-state index contributed by atoms with van der Waals surface area (Å²) in [7, 11) is 0. The normalized spacial score (nSPS) is 15.5. The molecule has 6 nitrogen and oxygen atoms in total. The minimum atomic E-state index is 0.271. The third kappa shape index (κ3) is 3.09. The van der Waals surface area contributed by atoms with Crippen LogP contribution >= 0.6 is 11.6 Å².